The van der Waals surface area contributed by atoms with E-state index < -0.39 is 5.60 Å². The summed E-state index contributed by atoms with van der Waals surface area (Å²) in [6.07, 6.45) is 7.65. The Morgan fingerprint density at radius 2 is 2.14 bits per heavy atom. The third-order valence-corrected chi connectivity index (χ3v) is 5.53. The van der Waals surface area contributed by atoms with Crippen LogP contribution in [0.2, 0.25) is 5.02 Å². The summed E-state index contributed by atoms with van der Waals surface area (Å²) in [5.41, 5.74) is 2.77. The molecule has 1 aromatic carbocycles. The standard InChI is InChI=1S/C22H28ClN3O3/c1-22(2,3)29-21(27)25-9-7-15(8-10-25)17-12-16(23)13-19-18(17)14-24-26(19)20-6-4-5-11-28-20/h7,12-14,20H,4-6,8-11H2,1-3H3. The second kappa shape index (κ2) is 8.00. The van der Waals surface area contributed by atoms with Crippen LogP contribution < -0.4 is 0 Å². The minimum atomic E-state index is -0.490. The lowest BCUT2D eigenvalue weighted by atomic mass is 9.96. The van der Waals surface area contributed by atoms with Crippen LogP contribution in [0, 0.1) is 0 Å². The molecule has 2 aliphatic rings. The van der Waals surface area contributed by atoms with Crippen LogP contribution in [-0.2, 0) is 9.47 Å². The van der Waals surface area contributed by atoms with Crippen molar-refractivity contribution in [3.05, 3.63) is 35.0 Å². The first kappa shape index (κ1) is 20.2. The van der Waals surface area contributed by atoms with Crippen LogP contribution in [-0.4, -0.2) is 46.1 Å². The van der Waals surface area contributed by atoms with E-state index in [2.05, 4.69) is 11.2 Å². The van der Waals surface area contributed by atoms with E-state index in [0.717, 1.165) is 48.8 Å². The zero-order valence-electron chi connectivity index (χ0n) is 17.3. The SMILES string of the molecule is CC(C)(C)OC(=O)N1CC=C(c2cc(Cl)cc3c2cnn3C2CCCCO2)CC1. The summed E-state index contributed by atoms with van der Waals surface area (Å²) < 4.78 is 13.4. The molecule has 0 aliphatic carbocycles. The molecule has 4 rings (SSSR count). The Morgan fingerprint density at radius 3 is 2.79 bits per heavy atom. The number of carbonyl (C=O) groups is 1. The van der Waals surface area contributed by atoms with Crippen LogP contribution in [0.4, 0.5) is 4.79 Å². The highest BCUT2D eigenvalue weighted by Crippen LogP contribution is 2.35. The van der Waals surface area contributed by atoms with Crippen molar-refractivity contribution < 1.29 is 14.3 Å². The third kappa shape index (κ3) is 4.43. The van der Waals surface area contributed by atoms with Gasteiger partial charge in [0.2, 0.25) is 0 Å². The van der Waals surface area contributed by atoms with E-state index in [1.807, 2.05) is 43.8 Å². The molecule has 1 amide bonds. The molecule has 1 atom stereocenters. The van der Waals surface area contributed by atoms with Crippen LogP contribution in [0.25, 0.3) is 16.5 Å². The molecule has 1 unspecified atom stereocenters. The van der Waals surface area contributed by atoms with Crippen molar-refractivity contribution in [2.75, 3.05) is 19.7 Å². The van der Waals surface area contributed by atoms with Crippen molar-refractivity contribution in [3.8, 4) is 0 Å². The summed E-state index contributed by atoms with van der Waals surface area (Å²) in [5, 5.41) is 6.37. The number of hydrogen-bond donors (Lipinski definition) is 0. The average molecular weight is 418 g/mol. The Hall–Kier alpha value is -2.05. The van der Waals surface area contributed by atoms with E-state index in [4.69, 9.17) is 21.1 Å². The normalized spacial score (nSPS) is 20.6. The van der Waals surface area contributed by atoms with Gasteiger partial charge in [-0.2, -0.15) is 5.10 Å². The van der Waals surface area contributed by atoms with Crippen molar-refractivity contribution >= 4 is 34.2 Å². The summed E-state index contributed by atoms with van der Waals surface area (Å²) in [5.74, 6) is 0. The lowest BCUT2D eigenvalue weighted by molar-refractivity contribution is -0.0366. The van der Waals surface area contributed by atoms with E-state index in [1.165, 1.54) is 5.57 Å². The molecule has 0 saturated carbocycles. The number of fused-ring (bicyclic) bond motifs is 1. The molecule has 0 spiro atoms. The van der Waals surface area contributed by atoms with Gasteiger partial charge in [-0.15, -0.1) is 0 Å². The fraction of sp³-hybridized carbons (Fsp3) is 0.545. The molecule has 1 aromatic heterocycles. The maximum atomic E-state index is 12.3. The molecule has 0 N–H and O–H groups in total. The molecule has 1 fully saturated rings. The molecule has 6 nitrogen and oxygen atoms in total. The summed E-state index contributed by atoms with van der Waals surface area (Å²) in [4.78, 5) is 14.1. The van der Waals surface area contributed by atoms with Crippen molar-refractivity contribution in [2.24, 2.45) is 0 Å². The number of amides is 1. The highest BCUT2D eigenvalue weighted by atomic mass is 35.5. The number of nitrogens with zero attached hydrogens (tertiary/aromatic N) is 3. The molecule has 2 aromatic rings. The van der Waals surface area contributed by atoms with Crippen molar-refractivity contribution in [3.63, 3.8) is 0 Å². The first-order chi connectivity index (χ1) is 13.8. The fourth-order valence-electron chi connectivity index (χ4n) is 3.93. The second-order valence-electron chi connectivity index (χ2n) is 8.70. The minimum absolute atomic E-state index is 0.0319. The van der Waals surface area contributed by atoms with Crippen molar-refractivity contribution in [2.45, 2.75) is 58.3 Å². The number of hydrogen-bond acceptors (Lipinski definition) is 4. The van der Waals surface area contributed by atoms with Gasteiger partial charge in [0, 0.05) is 30.1 Å². The van der Waals surface area contributed by atoms with E-state index in [-0.39, 0.29) is 12.3 Å². The van der Waals surface area contributed by atoms with Gasteiger partial charge in [-0.05, 0) is 69.7 Å². The van der Waals surface area contributed by atoms with Crippen LogP contribution in [0.1, 0.15) is 58.2 Å². The molecular weight excluding hydrogens is 390 g/mol. The van der Waals surface area contributed by atoms with Gasteiger partial charge >= 0.3 is 6.09 Å². The number of halogens is 1. The zero-order valence-corrected chi connectivity index (χ0v) is 18.0. The first-order valence-electron chi connectivity index (χ1n) is 10.3. The lowest BCUT2D eigenvalue weighted by Crippen LogP contribution is -2.39. The maximum Gasteiger partial charge on any atom is 0.410 e. The van der Waals surface area contributed by atoms with Crippen LogP contribution in [0.15, 0.2) is 24.4 Å². The maximum absolute atomic E-state index is 12.3. The molecule has 3 heterocycles. The largest absolute Gasteiger partial charge is 0.444 e. The van der Waals surface area contributed by atoms with Gasteiger partial charge in [-0.1, -0.05) is 17.7 Å². The Balaban J connectivity index is 1.60. The Labute approximate surface area is 176 Å². The molecule has 7 heteroatoms. The molecule has 0 radical (unpaired) electrons. The average Bonchev–Trinajstić information content (AvgIpc) is 3.10. The van der Waals surface area contributed by atoms with Gasteiger partial charge < -0.3 is 14.4 Å². The highest BCUT2D eigenvalue weighted by Gasteiger charge is 2.25. The third-order valence-electron chi connectivity index (χ3n) is 5.32. The Morgan fingerprint density at radius 1 is 1.31 bits per heavy atom. The molecule has 0 bridgehead atoms. The van der Waals surface area contributed by atoms with E-state index >= 15 is 0 Å². The number of aromatic nitrogens is 2. The highest BCUT2D eigenvalue weighted by molar-refractivity contribution is 6.31. The minimum Gasteiger partial charge on any atom is -0.444 e. The van der Waals surface area contributed by atoms with Crippen LogP contribution >= 0.6 is 11.6 Å². The summed E-state index contributed by atoms with van der Waals surface area (Å²) >= 11 is 6.47. The van der Waals surface area contributed by atoms with Gasteiger partial charge in [0.15, 0.2) is 6.23 Å². The summed E-state index contributed by atoms with van der Waals surface area (Å²) in [6, 6.07) is 3.95. The number of carbonyl (C=O) groups excluding carboxylic acids is 1. The lowest BCUT2D eigenvalue weighted by Gasteiger charge is -2.29. The van der Waals surface area contributed by atoms with Gasteiger partial charge in [0.05, 0.1) is 11.7 Å². The second-order valence-corrected chi connectivity index (χ2v) is 9.14. The fourth-order valence-corrected chi connectivity index (χ4v) is 4.14. The van der Waals surface area contributed by atoms with Crippen LogP contribution in [0.5, 0.6) is 0 Å². The number of benzene rings is 1. The Bertz CT molecular complexity index is 939. The van der Waals surface area contributed by atoms with Crippen molar-refractivity contribution in [1.82, 2.24) is 14.7 Å². The number of rotatable bonds is 2. The molecule has 156 valence electrons. The van der Waals surface area contributed by atoms with Gasteiger partial charge in [0.25, 0.3) is 0 Å². The predicted molar refractivity (Wildman–Crippen MR) is 114 cm³/mol. The molecule has 29 heavy (non-hydrogen) atoms. The number of ether oxygens (including phenoxy) is 2. The summed E-state index contributed by atoms with van der Waals surface area (Å²) in [6.45, 7) is 7.56. The summed E-state index contributed by atoms with van der Waals surface area (Å²) in [7, 11) is 0. The molecular formula is C22H28ClN3O3. The molecule has 1 saturated heterocycles. The van der Waals surface area contributed by atoms with Gasteiger partial charge in [0.1, 0.15) is 5.60 Å². The van der Waals surface area contributed by atoms with E-state index in [1.54, 1.807) is 4.90 Å². The predicted octanol–water partition coefficient (Wildman–Crippen LogP) is 5.41. The zero-order chi connectivity index (χ0) is 20.6. The monoisotopic (exact) mass is 417 g/mol. The van der Waals surface area contributed by atoms with Crippen LogP contribution in [0.3, 0.4) is 0 Å². The quantitative estimate of drug-likeness (QED) is 0.655. The topological polar surface area (TPSA) is 56.6 Å². The van der Waals surface area contributed by atoms with Crippen molar-refractivity contribution in [1.29, 1.82) is 0 Å². The van der Waals surface area contributed by atoms with E-state index in [9.17, 15) is 4.79 Å². The Kier molecular flexibility index (Phi) is 5.58. The molecule has 2 aliphatic heterocycles. The van der Waals surface area contributed by atoms with Gasteiger partial charge in [-0.25, -0.2) is 9.48 Å². The smallest absolute Gasteiger partial charge is 0.410 e. The van der Waals surface area contributed by atoms with Gasteiger partial charge in [-0.3, -0.25) is 0 Å². The first-order valence-corrected chi connectivity index (χ1v) is 10.7. The van der Waals surface area contributed by atoms with E-state index in [0.29, 0.717) is 18.1 Å².